The Morgan fingerprint density at radius 2 is 1.03 bits per heavy atom. The summed E-state index contributed by atoms with van der Waals surface area (Å²) < 4.78 is 21.6. The normalized spacial score (nSPS) is 24.1. The zero-order chi connectivity index (χ0) is 21.1. The van der Waals surface area contributed by atoms with Crippen molar-refractivity contribution in [3.05, 3.63) is 47.5 Å². The maximum absolute atomic E-state index is 13.1. The summed E-state index contributed by atoms with van der Waals surface area (Å²) in [4.78, 5) is 13.1. The SMILES string of the molecule is COc1ccc([C@H]2[NH2+][C@@H](c3ccc(OC)c(OC)c3)[C@@H](C)C(=O)[C@H]2C)cc1OC. The first-order chi connectivity index (χ1) is 13.9. The molecule has 4 atom stereocenters. The van der Waals surface area contributed by atoms with E-state index in [4.69, 9.17) is 18.9 Å². The molecular weight excluding hydrogens is 370 g/mol. The maximum Gasteiger partial charge on any atom is 0.161 e. The van der Waals surface area contributed by atoms with Gasteiger partial charge in [0.15, 0.2) is 28.8 Å². The van der Waals surface area contributed by atoms with Crippen LogP contribution < -0.4 is 24.3 Å². The number of quaternary nitrogens is 1. The van der Waals surface area contributed by atoms with Gasteiger partial charge in [-0.15, -0.1) is 0 Å². The number of benzene rings is 2. The van der Waals surface area contributed by atoms with Crippen molar-refractivity contribution in [3.8, 4) is 23.0 Å². The standard InChI is InChI=1S/C23H29NO5/c1-13-21(15-7-9-17(26-3)19(11-15)28-5)24-22(14(2)23(13)25)16-8-10-18(27-4)20(12-16)29-6/h7-14,21-22,24H,1-6H3/p+1/t13-,14+,21-,22+. The molecule has 6 heteroatoms. The molecule has 156 valence electrons. The first-order valence-corrected chi connectivity index (χ1v) is 9.77. The number of piperidine rings is 1. The molecule has 0 unspecified atom stereocenters. The predicted molar refractivity (Wildman–Crippen MR) is 110 cm³/mol. The van der Waals surface area contributed by atoms with Crippen molar-refractivity contribution in [1.82, 2.24) is 0 Å². The molecule has 1 heterocycles. The van der Waals surface area contributed by atoms with E-state index in [-0.39, 0.29) is 29.7 Å². The van der Waals surface area contributed by atoms with E-state index in [2.05, 4.69) is 5.32 Å². The molecule has 2 aromatic carbocycles. The van der Waals surface area contributed by atoms with Gasteiger partial charge in [-0.05, 0) is 50.2 Å². The lowest BCUT2D eigenvalue weighted by Crippen LogP contribution is -2.91. The van der Waals surface area contributed by atoms with E-state index >= 15 is 0 Å². The van der Waals surface area contributed by atoms with Crippen LogP contribution in [0.15, 0.2) is 36.4 Å². The molecule has 0 saturated carbocycles. The lowest BCUT2D eigenvalue weighted by molar-refractivity contribution is -0.748. The average Bonchev–Trinajstić information content (AvgIpc) is 2.76. The predicted octanol–water partition coefficient (Wildman–Crippen LogP) is 2.92. The van der Waals surface area contributed by atoms with Gasteiger partial charge in [-0.3, -0.25) is 4.79 Å². The number of nitrogens with two attached hydrogens (primary N) is 1. The number of ether oxygens (including phenoxy) is 4. The quantitative estimate of drug-likeness (QED) is 0.807. The molecule has 1 aliphatic heterocycles. The van der Waals surface area contributed by atoms with Crippen LogP contribution in [-0.4, -0.2) is 34.2 Å². The van der Waals surface area contributed by atoms with Crippen LogP contribution in [0.25, 0.3) is 0 Å². The minimum absolute atomic E-state index is 0.0170. The average molecular weight is 400 g/mol. The van der Waals surface area contributed by atoms with E-state index in [0.717, 1.165) is 11.1 Å². The van der Waals surface area contributed by atoms with Crippen LogP contribution in [0.3, 0.4) is 0 Å². The first kappa shape index (κ1) is 21.0. The van der Waals surface area contributed by atoms with E-state index in [1.807, 2.05) is 50.2 Å². The Balaban J connectivity index is 1.98. The van der Waals surface area contributed by atoms with Crippen LogP contribution in [0.5, 0.6) is 23.0 Å². The van der Waals surface area contributed by atoms with Crippen molar-refractivity contribution in [1.29, 1.82) is 0 Å². The Labute approximate surface area is 172 Å². The van der Waals surface area contributed by atoms with Crippen LogP contribution >= 0.6 is 0 Å². The molecule has 29 heavy (non-hydrogen) atoms. The lowest BCUT2D eigenvalue weighted by atomic mass is 9.76. The van der Waals surface area contributed by atoms with Crippen LogP contribution in [-0.2, 0) is 4.79 Å². The molecule has 6 nitrogen and oxygen atoms in total. The summed E-state index contributed by atoms with van der Waals surface area (Å²) in [7, 11) is 6.47. The second-order valence-electron chi connectivity index (χ2n) is 7.45. The van der Waals surface area contributed by atoms with Gasteiger partial charge < -0.3 is 24.3 Å². The first-order valence-electron chi connectivity index (χ1n) is 9.77. The van der Waals surface area contributed by atoms with Crippen molar-refractivity contribution in [2.75, 3.05) is 28.4 Å². The Kier molecular flexibility index (Phi) is 6.33. The molecule has 1 fully saturated rings. The Bertz CT molecular complexity index is 812. The topological polar surface area (TPSA) is 70.6 Å². The molecule has 3 rings (SSSR count). The highest BCUT2D eigenvalue weighted by atomic mass is 16.5. The number of rotatable bonds is 6. The largest absolute Gasteiger partial charge is 0.493 e. The summed E-state index contributed by atoms with van der Waals surface area (Å²) in [5, 5.41) is 2.28. The van der Waals surface area contributed by atoms with E-state index in [1.165, 1.54) is 0 Å². The second kappa shape index (κ2) is 8.74. The summed E-state index contributed by atoms with van der Waals surface area (Å²) in [6, 6.07) is 11.7. The molecule has 0 aromatic heterocycles. The van der Waals surface area contributed by atoms with Gasteiger partial charge in [0.25, 0.3) is 0 Å². The molecule has 0 amide bonds. The number of carbonyl (C=O) groups excluding carboxylic acids is 1. The summed E-state index contributed by atoms with van der Waals surface area (Å²) in [5.74, 6) is 2.72. The van der Waals surface area contributed by atoms with Crippen LogP contribution in [0.4, 0.5) is 0 Å². The van der Waals surface area contributed by atoms with Gasteiger partial charge >= 0.3 is 0 Å². The van der Waals surface area contributed by atoms with Crippen molar-refractivity contribution < 1.29 is 29.1 Å². The molecule has 1 saturated heterocycles. The highest BCUT2D eigenvalue weighted by Crippen LogP contribution is 2.38. The zero-order valence-electron chi connectivity index (χ0n) is 17.9. The van der Waals surface area contributed by atoms with E-state index in [9.17, 15) is 4.79 Å². The van der Waals surface area contributed by atoms with Gasteiger partial charge in [0, 0.05) is 11.1 Å². The minimum Gasteiger partial charge on any atom is -0.493 e. The molecule has 2 N–H and O–H groups in total. The summed E-state index contributed by atoms with van der Waals surface area (Å²) in [6.45, 7) is 4.00. The van der Waals surface area contributed by atoms with E-state index < -0.39 is 0 Å². The van der Waals surface area contributed by atoms with E-state index in [1.54, 1.807) is 28.4 Å². The highest BCUT2D eigenvalue weighted by molar-refractivity contribution is 5.84. The van der Waals surface area contributed by atoms with Gasteiger partial charge in [-0.2, -0.15) is 0 Å². The minimum atomic E-state index is -0.112. The molecule has 0 bridgehead atoms. The molecule has 0 aliphatic carbocycles. The molecule has 0 radical (unpaired) electrons. The van der Waals surface area contributed by atoms with Gasteiger partial charge in [0.2, 0.25) is 0 Å². The number of carbonyl (C=O) groups is 1. The summed E-state index contributed by atoms with van der Waals surface area (Å²) >= 11 is 0. The van der Waals surface area contributed by atoms with Gasteiger partial charge in [-0.25, -0.2) is 0 Å². The maximum atomic E-state index is 13.1. The number of methoxy groups -OCH3 is 4. The third kappa shape index (κ3) is 3.90. The fourth-order valence-corrected chi connectivity index (χ4v) is 4.25. The van der Waals surface area contributed by atoms with Crippen molar-refractivity contribution in [2.45, 2.75) is 25.9 Å². The summed E-state index contributed by atoms with van der Waals surface area (Å²) in [5.41, 5.74) is 2.08. The molecular formula is C23H30NO5+. The van der Waals surface area contributed by atoms with Crippen LogP contribution in [0.2, 0.25) is 0 Å². The molecule has 1 aliphatic rings. The van der Waals surface area contributed by atoms with Crippen molar-refractivity contribution in [3.63, 3.8) is 0 Å². The fourth-order valence-electron chi connectivity index (χ4n) is 4.25. The van der Waals surface area contributed by atoms with Crippen LogP contribution in [0.1, 0.15) is 37.1 Å². The number of ketones is 1. The van der Waals surface area contributed by atoms with Gasteiger partial charge in [0.05, 0.1) is 40.3 Å². The molecule has 2 aromatic rings. The Morgan fingerprint density at radius 3 is 1.38 bits per heavy atom. The fraction of sp³-hybridized carbons (Fsp3) is 0.435. The van der Waals surface area contributed by atoms with Gasteiger partial charge in [-0.1, -0.05) is 0 Å². The third-order valence-electron chi connectivity index (χ3n) is 5.97. The van der Waals surface area contributed by atoms with Crippen LogP contribution in [0, 0.1) is 11.8 Å². The smallest absolute Gasteiger partial charge is 0.161 e. The van der Waals surface area contributed by atoms with Crippen molar-refractivity contribution in [2.24, 2.45) is 11.8 Å². The number of hydrogen-bond acceptors (Lipinski definition) is 5. The highest BCUT2D eigenvalue weighted by Gasteiger charge is 2.44. The lowest BCUT2D eigenvalue weighted by Gasteiger charge is -2.36. The number of hydrogen-bond donors (Lipinski definition) is 1. The number of Topliss-reactive ketones (excluding diaryl/α,β-unsaturated/α-hetero) is 1. The van der Waals surface area contributed by atoms with Gasteiger partial charge in [0.1, 0.15) is 12.1 Å². The molecule has 0 spiro atoms. The second-order valence-corrected chi connectivity index (χ2v) is 7.45. The Morgan fingerprint density at radius 1 is 0.655 bits per heavy atom. The Hall–Kier alpha value is -2.73. The zero-order valence-corrected chi connectivity index (χ0v) is 17.9. The summed E-state index contributed by atoms with van der Waals surface area (Å²) in [6.07, 6.45) is 0. The van der Waals surface area contributed by atoms with Crippen molar-refractivity contribution >= 4 is 5.78 Å². The third-order valence-corrected chi connectivity index (χ3v) is 5.97. The van der Waals surface area contributed by atoms with E-state index in [0.29, 0.717) is 23.0 Å². The monoisotopic (exact) mass is 400 g/mol.